The second kappa shape index (κ2) is 12.7. The van der Waals surface area contributed by atoms with Crippen LogP contribution < -0.4 is 27.2 Å². The van der Waals surface area contributed by atoms with Crippen molar-refractivity contribution in [1.29, 1.82) is 0 Å². The summed E-state index contributed by atoms with van der Waals surface area (Å²) in [6.45, 7) is 0.351. The molecule has 0 bridgehead atoms. The van der Waals surface area contributed by atoms with Crippen LogP contribution in [0.15, 0.2) is 103 Å². The van der Waals surface area contributed by atoms with Gasteiger partial charge in [0.25, 0.3) is 5.91 Å². The molecule has 0 atom stereocenters. The first-order chi connectivity index (χ1) is 21.0. The number of carbonyl (C=O) groups is 1. The van der Waals surface area contributed by atoms with Crippen molar-refractivity contribution in [2.45, 2.75) is 38.3 Å². The van der Waals surface area contributed by atoms with Crippen LogP contribution in [0.3, 0.4) is 0 Å². The average molecular weight is 571 g/mol. The number of aryl methyl sites for hydroxylation is 2. The number of para-hydroxylation sites is 2. The summed E-state index contributed by atoms with van der Waals surface area (Å²) in [5, 5.41) is 7.90. The van der Waals surface area contributed by atoms with Crippen molar-refractivity contribution in [1.82, 2.24) is 15.0 Å². The van der Waals surface area contributed by atoms with Crippen LogP contribution in [-0.4, -0.2) is 26.9 Å². The van der Waals surface area contributed by atoms with Gasteiger partial charge in [0.2, 0.25) is 11.9 Å². The summed E-state index contributed by atoms with van der Waals surface area (Å²) in [5.41, 5.74) is 12.4. The lowest BCUT2D eigenvalue weighted by Gasteiger charge is -2.19. The molecule has 0 unspecified atom stereocenters. The molecule has 6 rings (SSSR count). The number of carbonyl (C=O) groups excluding carboxylic acids is 1. The number of hydrazine groups is 1. The van der Waals surface area contributed by atoms with E-state index in [4.69, 9.17) is 26.5 Å². The highest BCUT2D eigenvalue weighted by Gasteiger charge is 2.22. The van der Waals surface area contributed by atoms with Crippen molar-refractivity contribution in [2.75, 3.05) is 21.4 Å². The van der Waals surface area contributed by atoms with E-state index in [-0.39, 0.29) is 11.9 Å². The summed E-state index contributed by atoms with van der Waals surface area (Å²) in [7, 11) is 0. The van der Waals surface area contributed by atoms with Gasteiger partial charge >= 0.3 is 0 Å². The van der Waals surface area contributed by atoms with Crippen LogP contribution in [0.25, 0.3) is 0 Å². The van der Waals surface area contributed by atoms with Crippen LogP contribution >= 0.6 is 0 Å². The standard InChI is InChI=1S/C34H34N8O/c35-29-12-6-7-13-30(29)38-32(43)25-17-14-24(15-18-25)22-42(36)34-40-31(19-16-23-8-2-1-3-9-23)39-33(41-34)37-28-20-26-10-4-5-11-27(26)21-28/h1-15,17-18,28H,16,19-22,35-36H2,(H,38,43)(H,37,39,40,41). The first-order valence-electron chi connectivity index (χ1n) is 14.4. The Bertz CT molecular complexity index is 1680. The van der Waals surface area contributed by atoms with Crippen molar-refractivity contribution >= 4 is 29.2 Å². The highest BCUT2D eigenvalue weighted by molar-refractivity contribution is 6.05. The Balaban J connectivity index is 1.16. The third-order valence-corrected chi connectivity index (χ3v) is 7.57. The third-order valence-electron chi connectivity index (χ3n) is 7.57. The smallest absolute Gasteiger partial charge is 0.255 e. The molecule has 1 heterocycles. The summed E-state index contributed by atoms with van der Waals surface area (Å²) in [5.74, 6) is 7.87. The van der Waals surface area contributed by atoms with E-state index >= 15 is 0 Å². The molecule has 0 fully saturated rings. The molecule has 0 saturated heterocycles. The van der Waals surface area contributed by atoms with Crippen molar-refractivity contribution in [3.63, 3.8) is 0 Å². The number of hydrogen-bond donors (Lipinski definition) is 4. The zero-order chi connectivity index (χ0) is 29.6. The van der Waals surface area contributed by atoms with Crippen LogP contribution in [-0.2, 0) is 32.2 Å². The first-order valence-corrected chi connectivity index (χ1v) is 14.4. The normalized spacial score (nSPS) is 12.5. The van der Waals surface area contributed by atoms with Gasteiger partial charge in [-0.3, -0.25) is 9.80 Å². The number of nitrogen functional groups attached to an aromatic ring is 1. The summed E-state index contributed by atoms with van der Waals surface area (Å²) < 4.78 is 0. The number of hydrogen-bond acceptors (Lipinski definition) is 8. The van der Waals surface area contributed by atoms with Gasteiger partial charge in [-0.05, 0) is 65.8 Å². The molecule has 6 N–H and O–H groups in total. The Labute approximate surface area is 251 Å². The minimum Gasteiger partial charge on any atom is -0.397 e. The molecule has 0 radical (unpaired) electrons. The largest absolute Gasteiger partial charge is 0.397 e. The maximum Gasteiger partial charge on any atom is 0.255 e. The third kappa shape index (κ3) is 6.97. The zero-order valence-electron chi connectivity index (χ0n) is 23.8. The monoisotopic (exact) mass is 570 g/mol. The van der Waals surface area contributed by atoms with Gasteiger partial charge in [-0.25, -0.2) is 5.84 Å². The number of amides is 1. The van der Waals surface area contributed by atoms with E-state index in [1.807, 2.05) is 42.5 Å². The van der Waals surface area contributed by atoms with Gasteiger partial charge in [0.05, 0.1) is 17.9 Å². The Morgan fingerprint density at radius 1 is 0.767 bits per heavy atom. The minimum absolute atomic E-state index is 0.200. The summed E-state index contributed by atoms with van der Waals surface area (Å²) >= 11 is 0. The van der Waals surface area contributed by atoms with E-state index in [1.54, 1.807) is 24.3 Å². The van der Waals surface area contributed by atoms with Crippen LogP contribution in [0, 0.1) is 0 Å². The molecular weight excluding hydrogens is 536 g/mol. The first kappa shape index (κ1) is 27.9. The van der Waals surface area contributed by atoms with E-state index in [2.05, 4.69) is 47.0 Å². The Morgan fingerprint density at radius 2 is 1.44 bits per heavy atom. The van der Waals surface area contributed by atoms with E-state index in [9.17, 15) is 4.79 Å². The fraction of sp³-hybridized carbons (Fsp3) is 0.176. The summed E-state index contributed by atoms with van der Waals surface area (Å²) in [6, 6.07) is 33.4. The van der Waals surface area contributed by atoms with Crippen molar-refractivity contribution in [2.24, 2.45) is 5.84 Å². The lowest BCUT2D eigenvalue weighted by atomic mass is 10.1. The van der Waals surface area contributed by atoms with Gasteiger partial charge in [0, 0.05) is 18.0 Å². The van der Waals surface area contributed by atoms with Crippen molar-refractivity contribution in [3.05, 3.63) is 137 Å². The molecule has 0 spiro atoms. The fourth-order valence-corrected chi connectivity index (χ4v) is 5.29. The van der Waals surface area contributed by atoms with Gasteiger partial charge < -0.3 is 16.4 Å². The predicted molar refractivity (Wildman–Crippen MR) is 171 cm³/mol. The number of fused-ring (bicyclic) bond motifs is 1. The second-order valence-electron chi connectivity index (χ2n) is 10.7. The molecule has 4 aromatic carbocycles. The van der Waals surface area contributed by atoms with Gasteiger partial charge in [-0.2, -0.15) is 15.0 Å². The Morgan fingerprint density at radius 3 is 2.16 bits per heavy atom. The highest BCUT2D eigenvalue weighted by Crippen LogP contribution is 2.24. The van der Waals surface area contributed by atoms with E-state index in [0.29, 0.717) is 47.6 Å². The van der Waals surface area contributed by atoms with E-state index in [0.717, 1.165) is 24.8 Å². The van der Waals surface area contributed by atoms with Crippen LogP contribution in [0.1, 0.15) is 38.4 Å². The Hall–Kier alpha value is -5.28. The lowest BCUT2D eigenvalue weighted by Crippen LogP contribution is -2.33. The number of aromatic nitrogens is 3. The molecule has 1 aliphatic rings. The molecule has 5 aromatic rings. The molecule has 1 aliphatic carbocycles. The molecule has 43 heavy (non-hydrogen) atoms. The van der Waals surface area contributed by atoms with Gasteiger partial charge in [-0.15, -0.1) is 0 Å². The number of nitrogens with one attached hydrogen (secondary N) is 2. The van der Waals surface area contributed by atoms with E-state index < -0.39 is 0 Å². The van der Waals surface area contributed by atoms with E-state index in [1.165, 1.54) is 21.7 Å². The average Bonchev–Trinajstić information content (AvgIpc) is 3.44. The quantitative estimate of drug-likeness (QED) is 0.105. The molecule has 9 nitrogen and oxygen atoms in total. The molecule has 1 aromatic heterocycles. The summed E-state index contributed by atoms with van der Waals surface area (Å²) in [6.07, 6.45) is 3.29. The second-order valence-corrected chi connectivity index (χ2v) is 10.7. The molecular formula is C34H34N8O. The molecule has 1 amide bonds. The van der Waals surface area contributed by atoms with Gasteiger partial charge in [0.15, 0.2) is 0 Å². The highest BCUT2D eigenvalue weighted by atomic mass is 16.1. The number of nitrogens with zero attached hydrogens (tertiary/aromatic N) is 4. The number of nitrogens with two attached hydrogens (primary N) is 2. The topological polar surface area (TPSA) is 135 Å². The minimum atomic E-state index is -0.237. The molecule has 216 valence electrons. The number of benzene rings is 4. The predicted octanol–water partition coefficient (Wildman–Crippen LogP) is 4.95. The molecule has 0 aliphatic heterocycles. The Kier molecular flexibility index (Phi) is 8.24. The fourth-order valence-electron chi connectivity index (χ4n) is 5.29. The number of anilines is 4. The maximum absolute atomic E-state index is 12.7. The molecule has 0 saturated carbocycles. The van der Waals surface area contributed by atoms with Crippen molar-refractivity contribution < 1.29 is 4.79 Å². The summed E-state index contributed by atoms with van der Waals surface area (Å²) in [4.78, 5) is 26.9. The number of rotatable bonds is 10. The van der Waals surface area contributed by atoms with Gasteiger partial charge in [0.1, 0.15) is 5.82 Å². The SMILES string of the molecule is Nc1ccccc1NC(=O)c1ccc(CN(N)c2nc(CCc3ccccc3)nc(NC3Cc4ccccc4C3)n2)cc1. The van der Waals surface area contributed by atoms with Crippen LogP contribution in [0.2, 0.25) is 0 Å². The molecule has 9 heteroatoms. The zero-order valence-corrected chi connectivity index (χ0v) is 23.8. The van der Waals surface area contributed by atoms with Gasteiger partial charge in [-0.1, -0.05) is 78.9 Å². The lowest BCUT2D eigenvalue weighted by molar-refractivity contribution is 0.102. The van der Waals surface area contributed by atoms with Crippen molar-refractivity contribution in [3.8, 4) is 0 Å². The maximum atomic E-state index is 12.7. The van der Waals surface area contributed by atoms with Crippen LogP contribution in [0.5, 0.6) is 0 Å². The van der Waals surface area contributed by atoms with Crippen LogP contribution in [0.4, 0.5) is 23.3 Å².